The quantitative estimate of drug-likeness (QED) is 0.540. The number of hydrogen-bond acceptors (Lipinski definition) is 3. The second-order valence-corrected chi connectivity index (χ2v) is 3.67. The van der Waals surface area contributed by atoms with Gasteiger partial charge in [0.2, 0.25) is 0 Å². The van der Waals surface area contributed by atoms with Crippen molar-refractivity contribution in [2.24, 2.45) is 5.73 Å². The maximum atomic E-state index is 10.7. The number of nitro groups is 1. The van der Waals surface area contributed by atoms with Gasteiger partial charge in [0.15, 0.2) is 0 Å². The number of nitro benzene ring substituents is 1. The van der Waals surface area contributed by atoms with E-state index in [1.165, 1.54) is 0 Å². The number of fused-ring (bicyclic) bond motifs is 1. The molecule has 1 aromatic rings. The van der Waals surface area contributed by atoms with Crippen molar-refractivity contribution in [2.75, 3.05) is 0 Å². The summed E-state index contributed by atoms with van der Waals surface area (Å²) in [5.74, 6) is 0. The lowest BCUT2D eigenvalue weighted by Crippen LogP contribution is -2.28. The number of hydrogen-bond donors (Lipinski definition) is 1. The summed E-state index contributed by atoms with van der Waals surface area (Å²) >= 11 is 0. The summed E-state index contributed by atoms with van der Waals surface area (Å²) < 4.78 is 0. The molecular formula is C10H12N2O2. The Hall–Kier alpha value is -1.42. The first kappa shape index (κ1) is 9.15. The van der Waals surface area contributed by atoms with Crippen molar-refractivity contribution in [1.29, 1.82) is 0 Å². The molecular weight excluding hydrogens is 180 g/mol. The van der Waals surface area contributed by atoms with Crippen LogP contribution in [0.15, 0.2) is 18.2 Å². The van der Waals surface area contributed by atoms with Crippen LogP contribution in [0.5, 0.6) is 0 Å². The van der Waals surface area contributed by atoms with Gasteiger partial charge in [0, 0.05) is 17.7 Å². The minimum absolute atomic E-state index is 0.0728. The summed E-state index contributed by atoms with van der Waals surface area (Å²) in [5.41, 5.74) is 7.93. The van der Waals surface area contributed by atoms with Crippen LogP contribution in [0.25, 0.3) is 0 Å². The summed E-state index contributed by atoms with van der Waals surface area (Å²) in [6, 6.07) is 5.32. The highest BCUT2D eigenvalue weighted by Gasteiger charge is 2.23. The van der Waals surface area contributed by atoms with E-state index in [0.717, 1.165) is 24.0 Å². The Balaban J connectivity index is 2.48. The molecule has 0 saturated carbocycles. The fraction of sp³-hybridized carbons (Fsp3) is 0.400. The summed E-state index contributed by atoms with van der Waals surface area (Å²) in [4.78, 5) is 10.4. The molecule has 2 rings (SSSR count). The van der Waals surface area contributed by atoms with E-state index in [2.05, 4.69) is 0 Å². The van der Waals surface area contributed by atoms with E-state index in [1.807, 2.05) is 6.07 Å². The average Bonchev–Trinajstić information content (AvgIpc) is 2.16. The lowest BCUT2D eigenvalue weighted by molar-refractivity contribution is -0.385. The highest BCUT2D eigenvalue weighted by atomic mass is 16.6. The summed E-state index contributed by atoms with van der Waals surface area (Å²) in [6.45, 7) is 0. The Morgan fingerprint density at radius 1 is 1.50 bits per heavy atom. The zero-order valence-corrected chi connectivity index (χ0v) is 7.77. The summed E-state index contributed by atoms with van der Waals surface area (Å²) in [7, 11) is 0. The molecule has 1 aliphatic rings. The highest BCUT2D eigenvalue weighted by molar-refractivity contribution is 5.47. The number of rotatable bonds is 1. The van der Waals surface area contributed by atoms with Gasteiger partial charge in [-0.2, -0.15) is 0 Å². The normalized spacial score (nSPS) is 20.2. The molecule has 2 N–H and O–H groups in total. The fourth-order valence-corrected chi connectivity index (χ4v) is 1.97. The van der Waals surface area contributed by atoms with Gasteiger partial charge >= 0.3 is 0 Å². The highest BCUT2D eigenvalue weighted by Crippen LogP contribution is 2.28. The number of aryl methyl sites for hydroxylation is 1. The van der Waals surface area contributed by atoms with E-state index in [-0.39, 0.29) is 16.7 Å². The van der Waals surface area contributed by atoms with E-state index < -0.39 is 0 Å². The van der Waals surface area contributed by atoms with Crippen molar-refractivity contribution in [3.63, 3.8) is 0 Å². The SMILES string of the molecule is NC1CCc2cccc([N+](=O)[O-])c2C1. The molecule has 0 heterocycles. The van der Waals surface area contributed by atoms with Crippen molar-refractivity contribution >= 4 is 5.69 Å². The molecule has 1 atom stereocenters. The van der Waals surface area contributed by atoms with Gasteiger partial charge in [-0.3, -0.25) is 10.1 Å². The zero-order chi connectivity index (χ0) is 10.1. The third kappa shape index (κ3) is 1.48. The minimum Gasteiger partial charge on any atom is -0.327 e. The molecule has 1 aromatic carbocycles. The second-order valence-electron chi connectivity index (χ2n) is 3.67. The summed E-state index contributed by atoms with van der Waals surface area (Å²) in [5, 5.41) is 10.7. The number of nitrogens with two attached hydrogens (primary N) is 1. The molecule has 14 heavy (non-hydrogen) atoms. The molecule has 4 nitrogen and oxygen atoms in total. The Bertz CT molecular complexity index is 376. The first-order valence-electron chi connectivity index (χ1n) is 4.69. The van der Waals surface area contributed by atoms with Gasteiger partial charge in [-0.1, -0.05) is 12.1 Å². The van der Waals surface area contributed by atoms with Crippen molar-refractivity contribution in [3.8, 4) is 0 Å². The molecule has 1 aliphatic carbocycles. The molecule has 0 aliphatic heterocycles. The third-order valence-electron chi connectivity index (χ3n) is 2.70. The van der Waals surface area contributed by atoms with Gasteiger partial charge in [-0.25, -0.2) is 0 Å². The first-order valence-corrected chi connectivity index (χ1v) is 4.69. The molecule has 0 amide bonds. The van der Waals surface area contributed by atoms with Gasteiger partial charge in [0.25, 0.3) is 5.69 Å². The maximum absolute atomic E-state index is 10.7. The number of benzene rings is 1. The van der Waals surface area contributed by atoms with Crippen LogP contribution in [0, 0.1) is 10.1 Å². The lowest BCUT2D eigenvalue weighted by atomic mass is 9.88. The van der Waals surface area contributed by atoms with Gasteiger partial charge in [-0.05, 0) is 24.8 Å². The molecule has 4 heteroatoms. The van der Waals surface area contributed by atoms with Crippen LogP contribution >= 0.6 is 0 Å². The zero-order valence-electron chi connectivity index (χ0n) is 7.77. The van der Waals surface area contributed by atoms with Crippen molar-refractivity contribution in [2.45, 2.75) is 25.3 Å². The van der Waals surface area contributed by atoms with E-state index >= 15 is 0 Å². The van der Waals surface area contributed by atoms with Crippen LogP contribution in [0.3, 0.4) is 0 Å². The molecule has 0 bridgehead atoms. The Morgan fingerprint density at radius 2 is 2.29 bits per heavy atom. The average molecular weight is 192 g/mol. The van der Waals surface area contributed by atoms with E-state index in [4.69, 9.17) is 5.73 Å². The fourth-order valence-electron chi connectivity index (χ4n) is 1.97. The lowest BCUT2D eigenvalue weighted by Gasteiger charge is -2.20. The largest absolute Gasteiger partial charge is 0.327 e. The Kier molecular flexibility index (Phi) is 2.21. The standard InChI is InChI=1S/C10H12N2O2/c11-8-5-4-7-2-1-3-10(12(13)14)9(7)6-8/h1-3,8H,4-6,11H2. The molecule has 0 fully saturated rings. The smallest absolute Gasteiger partial charge is 0.272 e. The molecule has 1 unspecified atom stereocenters. The second kappa shape index (κ2) is 3.38. The maximum Gasteiger partial charge on any atom is 0.272 e. The monoisotopic (exact) mass is 192 g/mol. The van der Waals surface area contributed by atoms with Gasteiger partial charge in [0.05, 0.1) is 4.92 Å². The van der Waals surface area contributed by atoms with Crippen LogP contribution in [0.1, 0.15) is 17.5 Å². The molecule has 74 valence electrons. The van der Waals surface area contributed by atoms with Crippen LogP contribution in [0.2, 0.25) is 0 Å². The van der Waals surface area contributed by atoms with Crippen molar-refractivity contribution in [3.05, 3.63) is 39.4 Å². The van der Waals surface area contributed by atoms with Crippen molar-refractivity contribution < 1.29 is 4.92 Å². The Morgan fingerprint density at radius 3 is 3.00 bits per heavy atom. The van der Waals surface area contributed by atoms with Crippen LogP contribution in [-0.4, -0.2) is 11.0 Å². The summed E-state index contributed by atoms with van der Waals surface area (Å²) in [6.07, 6.45) is 2.42. The van der Waals surface area contributed by atoms with Gasteiger partial charge in [-0.15, -0.1) is 0 Å². The number of nitrogens with zero attached hydrogens (tertiary/aromatic N) is 1. The van der Waals surface area contributed by atoms with Crippen LogP contribution < -0.4 is 5.73 Å². The predicted molar refractivity (Wildman–Crippen MR) is 53.1 cm³/mol. The molecule has 0 radical (unpaired) electrons. The van der Waals surface area contributed by atoms with Gasteiger partial charge in [0.1, 0.15) is 0 Å². The van der Waals surface area contributed by atoms with E-state index in [9.17, 15) is 10.1 Å². The Labute approximate surface area is 81.9 Å². The van der Waals surface area contributed by atoms with Crippen molar-refractivity contribution in [1.82, 2.24) is 0 Å². The first-order chi connectivity index (χ1) is 6.68. The van der Waals surface area contributed by atoms with Crippen LogP contribution in [0.4, 0.5) is 5.69 Å². The topological polar surface area (TPSA) is 69.2 Å². The minimum atomic E-state index is -0.323. The van der Waals surface area contributed by atoms with E-state index in [1.54, 1.807) is 12.1 Å². The third-order valence-corrected chi connectivity index (χ3v) is 2.70. The molecule has 0 spiro atoms. The molecule has 0 aromatic heterocycles. The predicted octanol–water partition coefficient (Wildman–Crippen LogP) is 1.41. The molecule has 0 saturated heterocycles. The van der Waals surface area contributed by atoms with Crippen LogP contribution in [-0.2, 0) is 12.8 Å². The van der Waals surface area contributed by atoms with Gasteiger partial charge < -0.3 is 5.73 Å². The van der Waals surface area contributed by atoms with E-state index in [0.29, 0.717) is 6.42 Å².